The van der Waals surface area contributed by atoms with E-state index >= 15 is 0 Å². The molecule has 0 aromatic carbocycles. The van der Waals surface area contributed by atoms with E-state index in [2.05, 4.69) is 0 Å². The number of carboxylic acid groups (broad SMARTS) is 2. The van der Waals surface area contributed by atoms with Gasteiger partial charge in [-0.1, -0.05) is 12.2 Å². The van der Waals surface area contributed by atoms with E-state index in [0.29, 0.717) is 12.8 Å². The second-order valence-corrected chi connectivity index (χ2v) is 3.57. The molecule has 3 aliphatic rings. The van der Waals surface area contributed by atoms with Crippen molar-refractivity contribution in [2.45, 2.75) is 24.5 Å². The molecule has 5 nitrogen and oxygen atoms in total. The first kappa shape index (κ1) is 9.21. The summed E-state index contributed by atoms with van der Waals surface area (Å²) in [5.41, 5.74) is -2.06. The van der Waals surface area contributed by atoms with Crippen LogP contribution in [0.15, 0.2) is 12.2 Å². The van der Waals surface area contributed by atoms with Crippen LogP contribution in [-0.4, -0.2) is 33.9 Å². The second kappa shape index (κ2) is 2.81. The quantitative estimate of drug-likeness (QED) is 0.491. The van der Waals surface area contributed by atoms with E-state index < -0.39 is 23.5 Å². The van der Waals surface area contributed by atoms with Gasteiger partial charge in [-0.15, -0.1) is 0 Å². The van der Waals surface area contributed by atoms with E-state index in [1.807, 2.05) is 0 Å². The summed E-state index contributed by atoms with van der Waals surface area (Å²) in [5.74, 6) is -3.38. The maximum Gasteiger partial charge on any atom is 0.348 e. The summed E-state index contributed by atoms with van der Waals surface area (Å²) in [6.07, 6.45) is 4.26. The lowest BCUT2D eigenvalue weighted by atomic mass is 9.76. The molecule has 1 aliphatic carbocycles. The van der Waals surface area contributed by atoms with Crippen LogP contribution in [0, 0.1) is 5.92 Å². The van der Waals surface area contributed by atoms with Gasteiger partial charge in [0.15, 0.2) is 0 Å². The van der Waals surface area contributed by atoms with Gasteiger partial charge in [0.2, 0.25) is 0 Å². The molecular weight excluding hydrogens is 188 g/mol. The van der Waals surface area contributed by atoms with Crippen LogP contribution in [0.1, 0.15) is 12.8 Å². The fourth-order valence-corrected chi connectivity index (χ4v) is 2.07. The SMILES string of the molecule is O=C(O)C1(C(=O)O)O[C@H]2C=C[C@@H]1CC2. The molecule has 1 fully saturated rings. The third-order valence-corrected chi connectivity index (χ3v) is 2.82. The number of hydrogen-bond donors (Lipinski definition) is 2. The number of fused-ring (bicyclic) bond motifs is 2. The number of ether oxygens (including phenoxy) is 1. The van der Waals surface area contributed by atoms with Gasteiger partial charge in [0.1, 0.15) is 0 Å². The molecule has 5 heteroatoms. The molecule has 76 valence electrons. The molecular formula is C9H10O5. The fourth-order valence-electron chi connectivity index (χ4n) is 2.07. The molecule has 3 rings (SSSR count). The zero-order valence-electron chi connectivity index (χ0n) is 7.34. The molecule has 2 N–H and O–H groups in total. The first-order chi connectivity index (χ1) is 6.57. The summed E-state index contributed by atoms with van der Waals surface area (Å²) >= 11 is 0. The Bertz CT molecular complexity index is 305. The van der Waals surface area contributed by atoms with Gasteiger partial charge in [0.25, 0.3) is 5.60 Å². The molecule has 2 aliphatic heterocycles. The van der Waals surface area contributed by atoms with Crippen molar-refractivity contribution in [3.05, 3.63) is 12.2 Å². The Kier molecular flexibility index (Phi) is 1.85. The number of carboxylic acids is 2. The molecule has 0 unspecified atom stereocenters. The van der Waals surface area contributed by atoms with Crippen molar-refractivity contribution < 1.29 is 24.5 Å². The summed E-state index contributed by atoms with van der Waals surface area (Å²) in [6.45, 7) is 0. The zero-order valence-corrected chi connectivity index (χ0v) is 7.34. The smallest absolute Gasteiger partial charge is 0.348 e. The topological polar surface area (TPSA) is 83.8 Å². The molecule has 0 spiro atoms. The normalized spacial score (nSPS) is 32.9. The fraction of sp³-hybridized carbons (Fsp3) is 0.556. The van der Waals surface area contributed by atoms with Crippen molar-refractivity contribution in [1.82, 2.24) is 0 Å². The van der Waals surface area contributed by atoms with Crippen molar-refractivity contribution in [3.63, 3.8) is 0 Å². The number of rotatable bonds is 2. The number of aliphatic carboxylic acids is 2. The van der Waals surface area contributed by atoms with E-state index in [4.69, 9.17) is 14.9 Å². The largest absolute Gasteiger partial charge is 0.479 e. The van der Waals surface area contributed by atoms with Gasteiger partial charge in [0, 0.05) is 5.92 Å². The Morgan fingerprint density at radius 1 is 1.21 bits per heavy atom. The van der Waals surface area contributed by atoms with Crippen molar-refractivity contribution >= 4 is 11.9 Å². The minimum atomic E-state index is -2.06. The molecule has 0 radical (unpaired) electrons. The van der Waals surface area contributed by atoms with Crippen molar-refractivity contribution in [3.8, 4) is 0 Å². The van der Waals surface area contributed by atoms with Crippen LogP contribution < -0.4 is 0 Å². The Morgan fingerprint density at radius 2 is 1.86 bits per heavy atom. The summed E-state index contributed by atoms with van der Waals surface area (Å²) < 4.78 is 5.11. The van der Waals surface area contributed by atoms with E-state index in [1.165, 1.54) is 0 Å². The minimum Gasteiger partial charge on any atom is -0.479 e. The van der Waals surface area contributed by atoms with E-state index in [0.717, 1.165) is 0 Å². The molecule has 0 aromatic heterocycles. The predicted octanol–water partition coefficient (Wildman–Crippen LogP) is 0.259. The Morgan fingerprint density at radius 3 is 2.07 bits per heavy atom. The highest BCUT2D eigenvalue weighted by molar-refractivity contribution is 6.03. The van der Waals surface area contributed by atoms with Gasteiger partial charge >= 0.3 is 11.9 Å². The molecule has 1 saturated heterocycles. The second-order valence-electron chi connectivity index (χ2n) is 3.57. The molecule has 0 saturated carbocycles. The highest BCUT2D eigenvalue weighted by Crippen LogP contribution is 2.40. The lowest BCUT2D eigenvalue weighted by Gasteiger charge is -2.42. The van der Waals surface area contributed by atoms with Gasteiger partial charge in [-0.2, -0.15) is 0 Å². The van der Waals surface area contributed by atoms with Crippen LogP contribution in [0.4, 0.5) is 0 Å². The first-order valence-corrected chi connectivity index (χ1v) is 4.40. The standard InChI is InChI=1S/C9H10O5/c10-7(11)9(8(12)13)5-1-3-6(14-9)4-2-5/h1,3,5-6H,2,4H2,(H,10,11)(H,12,13)/t5-,6+/m1/s1. The Labute approximate surface area is 80.0 Å². The van der Waals surface area contributed by atoms with Crippen LogP contribution in [0.5, 0.6) is 0 Å². The lowest BCUT2D eigenvalue weighted by Crippen LogP contribution is -2.60. The van der Waals surface area contributed by atoms with Gasteiger partial charge in [-0.25, -0.2) is 9.59 Å². The zero-order chi connectivity index (χ0) is 10.3. The van der Waals surface area contributed by atoms with Gasteiger partial charge in [0.05, 0.1) is 6.10 Å². The van der Waals surface area contributed by atoms with Gasteiger partial charge in [-0.3, -0.25) is 0 Å². The molecule has 2 heterocycles. The predicted molar refractivity (Wildman–Crippen MR) is 44.7 cm³/mol. The first-order valence-electron chi connectivity index (χ1n) is 4.40. The third-order valence-electron chi connectivity index (χ3n) is 2.82. The van der Waals surface area contributed by atoms with Crippen LogP contribution in [-0.2, 0) is 14.3 Å². The van der Waals surface area contributed by atoms with E-state index in [9.17, 15) is 9.59 Å². The van der Waals surface area contributed by atoms with E-state index in [1.54, 1.807) is 12.2 Å². The summed E-state index contributed by atoms with van der Waals surface area (Å²) in [7, 11) is 0. The average Bonchev–Trinajstić information content (AvgIpc) is 2.18. The average molecular weight is 198 g/mol. The minimum absolute atomic E-state index is 0.368. The van der Waals surface area contributed by atoms with Crippen molar-refractivity contribution in [2.24, 2.45) is 5.92 Å². The van der Waals surface area contributed by atoms with Crippen molar-refractivity contribution in [2.75, 3.05) is 0 Å². The lowest BCUT2D eigenvalue weighted by molar-refractivity contribution is -0.205. The molecule has 0 amide bonds. The summed E-state index contributed by atoms with van der Waals surface area (Å²) in [5, 5.41) is 17.9. The van der Waals surface area contributed by atoms with E-state index in [-0.39, 0.29) is 6.10 Å². The Hall–Kier alpha value is -1.36. The van der Waals surface area contributed by atoms with Crippen LogP contribution in [0.2, 0.25) is 0 Å². The highest BCUT2D eigenvalue weighted by atomic mass is 16.6. The number of carbonyl (C=O) groups is 2. The van der Waals surface area contributed by atoms with Crippen LogP contribution >= 0.6 is 0 Å². The summed E-state index contributed by atoms with van der Waals surface area (Å²) in [4.78, 5) is 21.9. The molecule has 14 heavy (non-hydrogen) atoms. The monoisotopic (exact) mass is 198 g/mol. The molecule has 2 atom stereocenters. The van der Waals surface area contributed by atoms with Crippen LogP contribution in [0.3, 0.4) is 0 Å². The third kappa shape index (κ3) is 0.988. The van der Waals surface area contributed by atoms with Gasteiger partial charge < -0.3 is 14.9 Å². The van der Waals surface area contributed by atoms with Crippen molar-refractivity contribution in [1.29, 1.82) is 0 Å². The Balaban J connectivity index is 2.43. The number of hydrogen-bond acceptors (Lipinski definition) is 3. The highest BCUT2D eigenvalue weighted by Gasteiger charge is 2.58. The van der Waals surface area contributed by atoms with Crippen LogP contribution in [0.25, 0.3) is 0 Å². The summed E-state index contributed by atoms with van der Waals surface area (Å²) in [6, 6.07) is 0. The van der Waals surface area contributed by atoms with Gasteiger partial charge in [-0.05, 0) is 12.8 Å². The molecule has 0 aromatic rings. The maximum absolute atomic E-state index is 11.0. The molecule has 2 bridgehead atoms. The maximum atomic E-state index is 11.0.